The van der Waals surface area contributed by atoms with Crippen LogP contribution in [-0.2, 0) is 11.4 Å². The van der Waals surface area contributed by atoms with Crippen molar-refractivity contribution in [2.24, 2.45) is 0 Å². The third-order valence-corrected chi connectivity index (χ3v) is 3.53. The minimum Gasteiger partial charge on any atom is -0.493 e. The van der Waals surface area contributed by atoms with Crippen molar-refractivity contribution in [1.29, 1.82) is 0 Å². The van der Waals surface area contributed by atoms with E-state index in [2.05, 4.69) is 11.4 Å². The molecule has 0 radical (unpaired) electrons. The molecule has 1 amide bonds. The van der Waals surface area contributed by atoms with E-state index in [1.54, 1.807) is 6.07 Å². The van der Waals surface area contributed by atoms with Crippen molar-refractivity contribution in [3.63, 3.8) is 0 Å². The van der Waals surface area contributed by atoms with Crippen molar-refractivity contribution in [3.05, 3.63) is 59.2 Å². The minimum atomic E-state index is -0.0516. The second kappa shape index (κ2) is 8.34. The van der Waals surface area contributed by atoms with Crippen LogP contribution in [0.1, 0.15) is 29.5 Å². The van der Waals surface area contributed by atoms with Gasteiger partial charge in [0, 0.05) is 12.1 Å². The lowest BCUT2D eigenvalue weighted by atomic mass is 10.1. The zero-order chi connectivity index (χ0) is 16.7. The van der Waals surface area contributed by atoms with Crippen LogP contribution >= 0.6 is 0 Å². The lowest BCUT2D eigenvalue weighted by molar-refractivity contribution is -0.116. The van der Waals surface area contributed by atoms with Crippen LogP contribution in [0.5, 0.6) is 5.75 Å². The van der Waals surface area contributed by atoms with E-state index in [-0.39, 0.29) is 12.5 Å². The van der Waals surface area contributed by atoms with E-state index in [0.29, 0.717) is 25.1 Å². The molecule has 0 atom stereocenters. The monoisotopic (exact) mass is 313 g/mol. The molecule has 0 aromatic heterocycles. The Bertz CT molecular complexity index is 667. The molecule has 0 aliphatic carbocycles. The maximum atomic E-state index is 11.9. The molecule has 0 aliphatic heterocycles. The van der Waals surface area contributed by atoms with Crippen LogP contribution in [0, 0.1) is 13.8 Å². The Balaban J connectivity index is 1.74. The van der Waals surface area contributed by atoms with Gasteiger partial charge in [-0.3, -0.25) is 4.79 Å². The lowest BCUT2D eigenvalue weighted by Crippen LogP contribution is -2.13. The molecule has 4 heteroatoms. The Labute approximate surface area is 137 Å². The highest BCUT2D eigenvalue weighted by Crippen LogP contribution is 2.19. The number of anilines is 1. The first kappa shape index (κ1) is 17.0. The maximum absolute atomic E-state index is 11.9. The van der Waals surface area contributed by atoms with Crippen molar-refractivity contribution < 1.29 is 14.6 Å². The van der Waals surface area contributed by atoms with Crippen molar-refractivity contribution >= 4 is 11.6 Å². The highest BCUT2D eigenvalue weighted by Gasteiger charge is 2.04. The van der Waals surface area contributed by atoms with E-state index in [4.69, 9.17) is 9.84 Å². The first-order valence-corrected chi connectivity index (χ1v) is 7.78. The zero-order valence-electron chi connectivity index (χ0n) is 13.6. The summed E-state index contributed by atoms with van der Waals surface area (Å²) in [6, 6.07) is 13.3. The van der Waals surface area contributed by atoms with E-state index in [1.807, 2.05) is 44.2 Å². The van der Waals surface area contributed by atoms with Crippen molar-refractivity contribution in [2.45, 2.75) is 33.3 Å². The number of aryl methyl sites for hydroxylation is 2. The number of nitrogens with one attached hydrogen (secondary N) is 1. The Morgan fingerprint density at radius 3 is 2.74 bits per heavy atom. The molecule has 0 fully saturated rings. The molecule has 122 valence electrons. The number of amides is 1. The molecule has 2 aromatic rings. The predicted molar refractivity (Wildman–Crippen MR) is 91.6 cm³/mol. The third-order valence-electron chi connectivity index (χ3n) is 3.53. The molecule has 0 unspecified atom stereocenters. The lowest BCUT2D eigenvalue weighted by Gasteiger charge is -2.10. The normalized spacial score (nSPS) is 10.4. The molecule has 0 spiro atoms. The molecule has 4 nitrogen and oxygen atoms in total. The molecule has 0 saturated heterocycles. The fourth-order valence-corrected chi connectivity index (χ4v) is 2.35. The number of hydrogen-bond acceptors (Lipinski definition) is 3. The summed E-state index contributed by atoms with van der Waals surface area (Å²) in [5.41, 5.74) is 3.80. The summed E-state index contributed by atoms with van der Waals surface area (Å²) >= 11 is 0. The van der Waals surface area contributed by atoms with Gasteiger partial charge in [0.05, 0.1) is 13.2 Å². The fraction of sp³-hybridized carbons (Fsp3) is 0.316. The fourth-order valence-electron chi connectivity index (χ4n) is 2.35. The summed E-state index contributed by atoms with van der Waals surface area (Å²) < 4.78 is 5.72. The van der Waals surface area contributed by atoms with Crippen LogP contribution in [-0.4, -0.2) is 17.6 Å². The highest BCUT2D eigenvalue weighted by atomic mass is 16.5. The molecule has 2 aromatic carbocycles. The van der Waals surface area contributed by atoms with E-state index in [0.717, 1.165) is 16.9 Å². The smallest absolute Gasteiger partial charge is 0.224 e. The molecule has 0 bridgehead atoms. The van der Waals surface area contributed by atoms with Gasteiger partial charge in [-0.25, -0.2) is 0 Å². The minimum absolute atomic E-state index is 0.0343. The molecule has 2 N–H and O–H groups in total. The van der Waals surface area contributed by atoms with Crippen molar-refractivity contribution in [2.75, 3.05) is 11.9 Å². The van der Waals surface area contributed by atoms with Gasteiger partial charge in [0.1, 0.15) is 5.75 Å². The van der Waals surface area contributed by atoms with Gasteiger partial charge >= 0.3 is 0 Å². The Morgan fingerprint density at radius 2 is 2.00 bits per heavy atom. The van der Waals surface area contributed by atoms with Gasteiger partial charge in [0.15, 0.2) is 0 Å². The number of benzene rings is 2. The van der Waals surface area contributed by atoms with E-state index < -0.39 is 0 Å². The summed E-state index contributed by atoms with van der Waals surface area (Å²) in [6.07, 6.45) is 1.05. The highest BCUT2D eigenvalue weighted by molar-refractivity contribution is 5.90. The number of hydrogen-bond donors (Lipinski definition) is 2. The zero-order valence-corrected chi connectivity index (χ0v) is 13.6. The second-order valence-electron chi connectivity index (χ2n) is 5.63. The van der Waals surface area contributed by atoms with Crippen LogP contribution < -0.4 is 10.1 Å². The number of carbonyl (C=O) groups is 1. The van der Waals surface area contributed by atoms with Crippen LogP contribution in [0.25, 0.3) is 0 Å². The van der Waals surface area contributed by atoms with Gasteiger partial charge in [0.2, 0.25) is 5.91 Å². The summed E-state index contributed by atoms with van der Waals surface area (Å²) in [5.74, 6) is 0.816. The first-order valence-electron chi connectivity index (χ1n) is 7.78. The number of rotatable bonds is 7. The summed E-state index contributed by atoms with van der Waals surface area (Å²) in [5, 5.41) is 11.9. The number of aliphatic hydroxyl groups is 1. The molecule has 23 heavy (non-hydrogen) atoms. The Morgan fingerprint density at radius 1 is 1.17 bits per heavy atom. The van der Waals surface area contributed by atoms with E-state index in [1.165, 1.54) is 5.56 Å². The van der Waals surface area contributed by atoms with Crippen LogP contribution in [0.15, 0.2) is 42.5 Å². The molecule has 0 aliphatic rings. The predicted octanol–water partition coefficient (Wildman–Crippen LogP) is 3.59. The molecular formula is C19H23NO3. The Kier molecular flexibility index (Phi) is 6.18. The van der Waals surface area contributed by atoms with Gasteiger partial charge in [-0.1, -0.05) is 29.8 Å². The van der Waals surface area contributed by atoms with Crippen molar-refractivity contribution in [1.82, 2.24) is 0 Å². The van der Waals surface area contributed by atoms with E-state index >= 15 is 0 Å². The summed E-state index contributed by atoms with van der Waals surface area (Å²) in [4.78, 5) is 11.9. The summed E-state index contributed by atoms with van der Waals surface area (Å²) in [6.45, 7) is 4.54. The average molecular weight is 313 g/mol. The quantitative estimate of drug-likeness (QED) is 0.768. The largest absolute Gasteiger partial charge is 0.493 e. The van der Waals surface area contributed by atoms with Gasteiger partial charge in [0.25, 0.3) is 0 Å². The summed E-state index contributed by atoms with van der Waals surface area (Å²) in [7, 11) is 0. The maximum Gasteiger partial charge on any atom is 0.224 e. The van der Waals surface area contributed by atoms with Crippen LogP contribution in [0.2, 0.25) is 0 Å². The van der Waals surface area contributed by atoms with Gasteiger partial charge in [-0.2, -0.15) is 0 Å². The van der Waals surface area contributed by atoms with E-state index in [9.17, 15) is 4.79 Å². The third kappa shape index (κ3) is 5.42. The van der Waals surface area contributed by atoms with Crippen molar-refractivity contribution in [3.8, 4) is 5.75 Å². The second-order valence-corrected chi connectivity index (χ2v) is 5.63. The standard InChI is InChI=1S/C19H23NO3/c1-14-8-9-18(15(2)11-14)23-10-4-7-19(22)20-17-6-3-5-16(12-17)13-21/h3,5-6,8-9,11-12,21H,4,7,10,13H2,1-2H3,(H,20,22). The van der Waals surface area contributed by atoms with Crippen LogP contribution in [0.3, 0.4) is 0 Å². The number of carbonyl (C=O) groups excluding carboxylic acids is 1. The number of aliphatic hydroxyl groups excluding tert-OH is 1. The average Bonchev–Trinajstić information content (AvgIpc) is 2.53. The van der Waals surface area contributed by atoms with Gasteiger partial charge in [-0.05, 0) is 49.6 Å². The first-order chi connectivity index (χ1) is 11.1. The molecule has 2 rings (SSSR count). The van der Waals surface area contributed by atoms with Crippen LogP contribution in [0.4, 0.5) is 5.69 Å². The number of ether oxygens (including phenoxy) is 1. The Hall–Kier alpha value is -2.33. The van der Waals surface area contributed by atoms with Gasteiger partial charge in [-0.15, -0.1) is 0 Å². The molecule has 0 saturated carbocycles. The molecule has 0 heterocycles. The SMILES string of the molecule is Cc1ccc(OCCCC(=O)Nc2cccc(CO)c2)c(C)c1. The topological polar surface area (TPSA) is 58.6 Å². The molecular weight excluding hydrogens is 290 g/mol. The van der Waals surface area contributed by atoms with Gasteiger partial charge < -0.3 is 15.2 Å².